The molecule has 0 heterocycles. The van der Waals surface area contributed by atoms with Crippen LogP contribution < -0.4 is 0 Å². The Labute approximate surface area is 276 Å². The maximum Gasteiger partial charge on any atom is 0.338 e. The second-order valence-corrected chi connectivity index (χ2v) is 13.5. The van der Waals surface area contributed by atoms with Crippen LogP contribution in [0, 0.1) is 29.1 Å². The van der Waals surface area contributed by atoms with Crippen LogP contribution >= 0.6 is 0 Å². The number of fused-ring (bicyclic) bond motifs is 1. The van der Waals surface area contributed by atoms with Crippen molar-refractivity contribution in [2.75, 3.05) is 0 Å². The van der Waals surface area contributed by atoms with E-state index in [0.29, 0.717) is 6.42 Å². The Morgan fingerprint density at radius 3 is 2.09 bits per heavy atom. The molecule has 2 aliphatic rings. The second-order valence-electron chi connectivity index (χ2n) is 13.5. The third-order valence-electron chi connectivity index (χ3n) is 9.29. The van der Waals surface area contributed by atoms with Gasteiger partial charge in [-0.1, -0.05) is 64.6 Å². The molecule has 258 valence electrons. The van der Waals surface area contributed by atoms with Crippen LogP contribution in [0.2, 0.25) is 0 Å². The molecule has 0 aromatic heterocycles. The summed E-state index contributed by atoms with van der Waals surface area (Å²) in [6.45, 7) is 16.2. The molecule has 0 amide bonds. The molecule has 1 unspecified atom stereocenters. The molecule has 1 aromatic carbocycles. The van der Waals surface area contributed by atoms with Gasteiger partial charge in [0.1, 0.15) is 17.8 Å². The number of rotatable bonds is 7. The SMILES string of the molecule is C=C1[C@H](OC(C)=O)[C@H]2[C@@H](OC(=O)c3ccccc3)[C@@H](C)C[C@]2(O)[C@H](O)[C@H](C)/C=C/C(C)(C)C(=O)[C@H](OC(=O)C(C)CC)[C@H]1OC(C)=O. The highest BCUT2D eigenvalue weighted by atomic mass is 16.6. The van der Waals surface area contributed by atoms with Crippen LogP contribution in [0.15, 0.2) is 54.6 Å². The highest BCUT2D eigenvalue weighted by Crippen LogP contribution is 2.50. The smallest absolute Gasteiger partial charge is 0.338 e. The van der Waals surface area contributed by atoms with Gasteiger partial charge in [-0.15, -0.1) is 0 Å². The molecule has 11 nitrogen and oxygen atoms in total. The summed E-state index contributed by atoms with van der Waals surface area (Å²) in [6, 6.07) is 8.16. The van der Waals surface area contributed by atoms with Crippen molar-refractivity contribution in [3.8, 4) is 0 Å². The molecule has 0 bridgehead atoms. The molecule has 11 heteroatoms. The van der Waals surface area contributed by atoms with E-state index in [1.54, 1.807) is 78.0 Å². The number of benzene rings is 1. The molecule has 10 atom stereocenters. The Hall–Kier alpha value is -3.83. The van der Waals surface area contributed by atoms with E-state index < -0.39 is 94.9 Å². The van der Waals surface area contributed by atoms with Gasteiger partial charge in [-0.25, -0.2) is 4.79 Å². The molecular formula is C36H48O11. The van der Waals surface area contributed by atoms with Crippen molar-refractivity contribution in [2.24, 2.45) is 29.1 Å². The van der Waals surface area contributed by atoms with Gasteiger partial charge in [0.2, 0.25) is 6.10 Å². The summed E-state index contributed by atoms with van der Waals surface area (Å²) in [5, 5.41) is 24.2. The van der Waals surface area contributed by atoms with Crippen LogP contribution in [0.5, 0.6) is 0 Å². The van der Waals surface area contributed by atoms with Gasteiger partial charge >= 0.3 is 23.9 Å². The first-order valence-electron chi connectivity index (χ1n) is 16.0. The minimum atomic E-state index is -2.05. The predicted molar refractivity (Wildman–Crippen MR) is 171 cm³/mol. The molecule has 2 N–H and O–H groups in total. The third-order valence-corrected chi connectivity index (χ3v) is 9.29. The summed E-state index contributed by atoms with van der Waals surface area (Å²) < 4.78 is 23.2. The maximum atomic E-state index is 14.2. The van der Waals surface area contributed by atoms with Crippen LogP contribution in [0.1, 0.15) is 78.6 Å². The van der Waals surface area contributed by atoms with E-state index in [-0.39, 0.29) is 17.6 Å². The van der Waals surface area contributed by atoms with Crippen LogP contribution in [-0.4, -0.2) is 76.0 Å². The largest absolute Gasteiger partial charge is 0.458 e. The van der Waals surface area contributed by atoms with Crippen molar-refractivity contribution >= 4 is 29.7 Å². The third kappa shape index (κ3) is 8.19. The van der Waals surface area contributed by atoms with E-state index in [4.69, 9.17) is 18.9 Å². The maximum absolute atomic E-state index is 14.2. The zero-order valence-corrected chi connectivity index (χ0v) is 28.4. The van der Waals surface area contributed by atoms with Gasteiger partial charge in [-0.05, 0) is 44.7 Å². The Kier molecular flexibility index (Phi) is 12.0. The summed E-state index contributed by atoms with van der Waals surface area (Å²) in [5.74, 6) is -7.10. The van der Waals surface area contributed by atoms with Crippen LogP contribution in [0.25, 0.3) is 0 Å². The number of aliphatic hydroxyl groups is 2. The van der Waals surface area contributed by atoms with E-state index >= 15 is 0 Å². The minimum absolute atomic E-state index is 0.0816. The minimum Gasteiger partial charge on any atom is -0.458 e. The average molecular weight is 657 g/mol. The monoisotopic (exact) mass is 656 g/mol. The molecule has 47 heavy (non-hydrogen) atoms. The average Bonchev–Trinajstić information content (AvgIpc) is 3.27. The van der Waals surface area contributed by atoms with Crippen molar-refractivity contribution in [1.82, 2.24) is 0 Å². The number of ketones is 1. The van der Waals surface area contributed by atoms with Crippen molar-refractivity contribution in [3.63, 3.8) is 0 Å². The van der Waals surface area contributed by atoms with Gasteiger partial charge in [0.15, 0.2) is 11.9 Å². The number of aliphatic hydroxyl groups excluding tert-OH is 1. The molecule has 0 spiro atoms. The lowest BCUT2D eigenvalue weighted by atomic mass is 9.72. The molecule has 1 fully saturated rings. The zero-order chi connectivity index (χ0) is 35.4. The fraction of sp³-hybridized carbons (Fsp3) is 0.583. The number of carbonyl (C=O) groups excluding carboxylic acids is 5. The first-order chi connectivity index (χ1) is 21.8. The number of Topliss-reactive ketones (excluding diaryl/α,β-unsaturated/α-hetero) is 1. The van der Waals surface area contributed by atoms with E-state index in [0.717, 1.165) is 13.8 Å². The zero-order valence-electron chi connectivity index (χ0n) is 28.4. The summed E-state index contributed by atoms with van der Waals surface area (Å²) in [6.07, 6.45) is -4.26. The number of ether oxygens (including phenoxy) is 4. The van der Waals surface area contributed by atoms with Gasteiger partial charge in [-0.3, -0.25) is 19.2 Å². The fourth-order valence-corrected chi connectivity index (χ4v) is 6.41. The van der Waals surface area contributed by atoms with Gasteiger partial charge < -0.3 is 29.2 Å². The molecule has 3 rings (SSSR count). The highest BCUT2D eigenvalue weighted by Gasteiger charge is 2.62. The number of esters is 4. The Morgan fingerprint density at radius 2 is 1.53 bits per heavy atom. The molecule has 2 aliphatic carbocycles. The molecule has 0 radical (unpaired) electrons. The van der Waals surface area contributed by atoms with Crippen molar-refractivity contribution in [3.05, 3.63) is 60.2 Å². The number of carbonyl (C=O) groups is 5. The summed E-state index contributed by atoms with van der Waals surface area (Å²) in [4.78, 5) is 66.0. The van der Waals surface area contributed by atoms with Gasteiger partial charge in [0, 0.05) is 30.8 Å². The Morgan fingerprint density at radius 1 is 0.957 bits per heavy atom. The van der Waals surface area contributed by atoms with Gasteiger partial charge in [0.05, 0.1) is 23.5 Å². The van der Waals surface area contributed by atoms with Crippen LogP contribution in [0.3, 0.4) is 0 Å². The molecule has 0 saturated heterocycles. The number of allylic oxidation sites excluding steroid dienone is 1. The van der Waals surface area contributed by atoms with E-state index in [1.165, 1.54) is 6.08 Å². The first-order valence-corrected chi connectivity index (χ1v) is 16.0. The summed E-state index contributed by atoms with van der Waals surface area (Å²) in [7, 11) is 0. The summed E-state index contributed by atoms with van der Waals surface area (Å²) >= 11 is 0. The normalized spacial score (nSPS) is 33.7. The highest BCUT2D eigenvalue weighted by molar-refractivity contribution is 5.93. The topological polar surface area (TPSA) is 163 Å². The fourth-order valence-electron chi connectivity index (χ4n) is 6.41. The van der Waals surface area contributed by atoms with Gasteiger partial charge in [-0.2, -0.15) is 0 Å². The molecular weight excluding hydrogens is 608 g/mol. The van der Waals surface area contributed by atoms with Crippen molar-refractivity contribution in [2.45, 2.75) is 104 Å². The van der Waals surface area contributed by atoms with Crippen LogP contribution in [0.4, 0.5) is 0 Å². The quantitative estimate of drug-likeness (QED) is 0.246. The molecule has 1 aromatic rings. The number of hydrogen-bond donors (Lipinski definition) is 2. The summed E-state index contributed by atoms with van der Waals surface area (Å²) in [5.41, 5.74) is -3.36. The van der Waals surface area contributed by atoms with E-state index in [2.05, 4.69) is 6.58 Å². The lowest BCUT2D eigenvalue weighted by Crippen LogP contribution is -2.58. The lowest BCUT2D eigenvalue weighted by Gasteiger charge is -2.44. The Balaban J connectivity index is 2.32. The molecule has 0 aliphatic heterocycles. The Bertz CT molecular complexity index is 1380. The van der Waals surface area contributed by atoms with Crippen molar-refractivity contribution < 1.29 is 53.1 Å². The predicted octanol–water partition coefficient (Wildman–Crippen LogP) is 4.14. The van der Waals surface area contributed by atoms with Gasteiger partial charge in [0.25, 0.3) is 0 Å². The van der Waals surface area contributed by atoms with E-state index in [1.807, 2.05) is 0 Å². The van der Waals surface area contributed by atoms with Crippen molar-refractivity contribution in [1.29, 1.82) is 0 Å². The number of hydrogen-bond acceptors (Lipinski definition) is 11. The van der Waals surface area contributed by atoms with Crippen LogP contribution in [-0.2, 0) is 38.1 Å². The van der Waals surface area contributed by atoms with E-state index in [9.17, 15) is 34.2 Å². The standard InChI is InChI=1S/C36H48O11/c1-10-19(2)33(41)47-30-29(45-24(7)38)22(5)28(44-23(6)37)26-27(46-34(42)25-14-12-11-13-15-25)21(4)18-36(26,43)31(39)20(3)16-17-35(8,9)32(30)40/h11-17,19-21,26-31,39,43H,5,10,18H2,1-4,6-9H3/b17-16+/t19?,20-,21+,26-,27+,28+,29+,30-,31-,36-/m1/s1. The lowest BCUT2D eigenvalue weighted by molar-refractivity contribution is -0.181. The molecule has 1 saturated carbocycles. The first kappa shape index (κ1) is 37.6. The second kappa shape index (κ2) is 14.9.